The molecule has 0 radical (unpaired) electrons. The van der Waals surface area contributed by atoms with Crippen LogP contribution in [-0.2, 0) is 0 Å². The third-order valence-corrected chi connectivity index (χ3v) is 3.75. The fourth-order valence-electron chi connectivity index (χ4n) is 2.33. The van der Waals surface area contributed by atoms with Crippen LogP contribution in [0.5, 0.6) is 0 Å². The molecule has 132 valence electrons. The fraction of sp³-hybridized carbons (Fsp3) is 0.400. The van der Waals surface area contributed by atoms with Crippen molar-refractivity contribution in [2.45, 2.75) is 32.5 Å². The Labute approximate surface area is 144 Å². The van der Waals surface area contributed by atoms with Crippen molar-refractivity contribution in [3.63, 3.8) is 0 Å². The lowest BCUT2D eigenvalue weighted by atomic mass is 10.2. The summed E-state index contributed by atoms with van der Waals surface area (Å²) in [6, 6.07) is 1.64. The first-order valence-corrected chi connectivity index (χ1v) is 8.03. The molecule has 3 aromatic heterocycles. The van der Waals surface area contributed by atoms with Gasteiger partial charge in [0.25, 0.3) is 0 Å². The Balaban J connectivity index is 2.06. The van der Waals surface area contributed by atoms with Crippen molar-refractivity contribution in [2.24, 2.45) is 5.73 Å². The molecule has 2 atom stereocenters. The molecule has 0 fully saturated rings. The van der Waals surface area contributed by atoms with Gasteiger partial charge in [-0.25, -0.2) is 4.98 Å². The van der Waals surface area contributed by atoms with E-state index >= 15 is 0 Å². The Morgan fingerprint density at radius 2 is 2.16 bits per heavy atom. The van der Waals surface area contributed by atoms with Gasteiger partial charge < -0.3 is 21.5 Å². The van der Waals surface area contributed by atoms with Gasteiger partial charge in [-0.15, -0.1) is 0 Å². The van der Waals surface area contributed by atoms with Crippen LogP contribution < -0.4 is 16.4 Å². The van der Waals surface area contributed by atoms with Gasteiger partial charge in [-0.3, -0.25) is 4.57 Å². The summed E-state index contributed by atoms with van der Waals surface area (Å²) in [6.07, 6.45) is 5.25. The molecule has 25 heavy (non-hydrogen) atoms. The molecule has 5 N–H and O–H groups in total. The second-order valence-electron chi connectivity index (χ2n) is 5.65. The van der Waals surface area contributed by atoms with E-state index in [9.17, 15) is 5.11 Å². The molecule has 0 aliphatic heterocycles. The maximum absolute atomic E-state index is 9.42. The first-order chi connectivity index (χ1) is 12.1. The maximum Gasteiger partial charge on any atom is 0.227 e. The van der Waals surface area contributed by atoms with E-state index in [1.807, 2.05) is 13.8 Å². The van der Waals surface area contributed by atoms with E-state index < -0.39 is 0 Å². The number of aliphatic hydroxyl groups is 1. The molecule has 0 saturated carbocycles. The number of nitrogens with one attached hydrogen (secondary N) is 2. The third-order valence-electron chi connectivity index (χ3n) is 3.75. The van der Waals surface area contributed by atoms with Crippen LogP contribution in [0.2, 0.25) is 0 Å². The molecule has 3 aromatic rings. The van der Waals surface area contributed by atoms with E-state index in [-0.39, 0.29) is 18.8 Å². The third kappa shape index (κ3) is 3.64. The topological polar surface area (TPSA) is 140 Å². The maximum atomic E-state index is 9.42. The van der Waals surface area contributed by atoms with Crippen LogP contribution in [0.3, 0.4) is 0 Å². The highest BCUT2D eigenvalue weighted by molar-refractivity contribution is 5.86. The molecule has 0 aliphatic carbocycles. The van der Waals surface area contributed by atoms with Gasteiger partial charge in [0.1, 0.15) is 0 Å². The number of anilines is 3. The van der Waals surface area contributed by atoms with E-state index in [0.29, 0.717) is 22.9 Å². The average Bonchev–Trinajstić information content (AvgIpc) is 3.05. The summed E-state index contributed by atoms with van der Waals surface area (Å²) in [5.41, 5.74) is 7.92. The molecule has 0 aliphatic rings. The number of fused-ring (bicyclic) bond motifs is 1. The summed E-state index contributed by atoms with van der Waals surface area (Å²) in [6.45, 7) is 3.81. The smallest absolute Gasteiger partial charge is 0.227 e. The Morgan fingerprint density at radius 1 is 1.32 bits per heavy atom. The van der Waals surface area contributed by atoms with Crippen molar-refractivity contribution in [3.05, 3.63) is 24.8 Å². The van der Waals surface area contributed by atoms with Crippen LogP contribution >= 0.6 is 0 Å². The molecule has 3 heterocycles. The number of aromatic nitrogens is 6. The Kier molecular flexibility index (Phi) is 5.00. The Morgan fingerprint density at radius 3 is 2.80 bits per heavy atom. The van der Waals surface area contributed by atoms with E-state index in [2.05, 4.69) is 35.8 Å². The molecule has 3 rings (SSSR count). The molecule has 1 unspecified atom stereocenters. The van der Waals surface area contributed by atoms with Gasteiger partial charge in [-0.05, 0) is 19.4 Å². The predicted molar refractivity (Wildman–Crippen MR) is 94.3 cm³/mol. The summed E-state index contributed by atoms with van der Waals surface area (Å²) < 4.78 is 1.76. The number of rotatable bonds is 7. The molecule has 10 nitrogen and oxygen atoms in total. The Bertz CT molecular complexity index is 830. The molecule has 0 spiro atoms. The van der Waals surface area contributed by atoms with Crippen molar-refractivity contribution in [1.29, 1.82) is 0 Å². The van der Waals surface area contributed by atoms with Crippen molar-refractivity contribution in [2.75, 3.05) is 17.2 Å². The molecular weight excluding hydrogens is 322 g/mol. The van der Waals surface area contributed by atoms with Crippen LogP contribution in [0, 0.1) is 0 Å². The van der Waals surface area contributed by atoms with Gasteiger partial charge in [0.05, 0.1) is 43.2 Å². The SMILES string of the molecule is CC[C@@H](CO)Nc1nc(Nc2ccnnc2)c2ncn(C(C)N)c2n1. The second kappa shape index (κ2) is 7.36. The van der Waals surface area contributed by atoms with E-state index in [1.54, 1.807) is 29.4 Å². The van der Waals surface area contributed by atoms with Crippen molar-refractivity contribution >= 4 is 28.6 Å². The number of imidazole rings is 1. The zero-order valence-electron chi connectivity index (χ0n) is 14.1. The minimum Gasteiger partial charge on any atom is -0.394 e. The first-order valence-electron chi connectivity index (χ1n) is 8.03. The molecule has 0 saturated heterocycles. The molecule has 0 bridgehead atoms. The van der Waals surface area contributed by atoms with Crippen molar-refractivity contribution in [3.8, 4) is 0 Å². The van der Waals surface area contributed by atoms with Gasteiger partial charge in [0.15, 0.2) is 17.0 Å². The molecule has 0 amide bonds. The lowest BCUT2D eigenvalue weighted by Crippen LogP contribution is -2.24. The van der Waals surface area contributed by atoms with Gasteiger partial charge in [-0.1, -0.05) is 6.92 Å². The summed E-state index contributed by atoms with van der Waals surface area (Å²) in [5, 5.41) is 23.3. The highest BCUT2D eigenvalue weighted by atomic mass is 16.3. The number of nitrogens with zero attached hydrogens (tertiary/aromatic N) is 6. The average molecular weight is 343 g/mol. The lowest BCUT2D eigenvalue weighted by molar-refractivity contribution is 0.271. The largest absolute Gasteiger partial charge is 0.394 e. The van der Waals surface area contributed by atoms with E-state index in [1.165, 1.54) is 0 Å². The van der Waals surface area contributed by atoms with Crippen molar-refractivity contribution in [1.82, 2.24) is 29.7 Å². The van der Waals surface area contributed by atoms with Crippen LogP contribution in [0.25, 0.3) is 11.2 Å². The summed E-state index contributed by atoms with van der Waals surface area (Å²) in [7, 11) is 0. The zero-order chi connectivity index (χ0) is 17.8. The quantitative estimate of drug-likeness (QED) is 0.495. The van der Waals surface area contributed by atoms with E-state index in [4.69, 9.17) is 5.73 Å². The molecular formula is C15H21N9O. The first kappa shape index (κ1) is 17.0. The number of nitrogens with two attached hydrogens (primary N) is 1. The highest BCUT2D eigenvalue weighted by Crippen LogP contribution is 2.25. The minimum absolute atomic E-state index is 0.0124. The second-order valence-corrected chi connectivity index (χ2v) is 5.65. The van der Waals surface area contributed by atoms with Crippen LogP contribution in [0.1, 0.15) is 26.4 Å². The highest BCUT2D eigenvalue weighted by Gasteiger charge is 2.16. The zero-order valence-corrected chi connectivity index (χ0v) is 14.1. The summed E-state index contributed by atoms with van der Waals surface area (Å²) >= 11 is 0. The monoisotopic (exact) mass is 343 g/mol. The summed E-state index contributed by atoms with van der Waals surface area (Å²) in [5.74, 6) is 0.910. The van der Waals surface area contributed by atoms with Gasteiger partial charge >= 0.3 is 0 Å². The normalized spacial score (nSPS) is 13.6. The van der Waals surface area contributed by atoms with Crippen molar-refractivity contribution < 1.29 is 5.11 Å². The number of aliphatic hydroxyl groups excluding tert-OH is 1. The minimum atomic E-state index is -0.289. The van der Waals surface area contributed by atoms with Gasteiger partial charge in [0, 0.05) is 0 Å². The van der Waals surface area contributed by atoms with Gasteiger partial charge in [0.2, 0.25) is 5.95 Å². The Hall–Kier alpha value is -2.85. The lowest BCUT2D eigenvalue weighted by Gasteiger charge is -2.16. The van der Waals surface area contributed by atoms with E-state index in [0.717, 1.165) is 12.1 Å². The fourth-order valence-corrected chi connectivity index (χ4v) is 2.33. The molecule has 10 heteroatoms. The summed E-state index contributed by atoms with van der Waals surface area (Å²) in [4.78, 5) is 13.4. The number of hydrogen-bond acceptors (Lipinski definition) is 9. The number of hydrogen-bond donors (Lipinski definition) is 4. The van der Waals surface area contributed by atoms with Crippen LogP contribution in [0.15, 0.2) is 24.8 Å². The van der Waals surface area contributed by atoms with Gasteiger partial charge in [-0.2, -0.15) is 20.2 Å². The van der Waals surface area contributed by atoms with Crippen LogP contribution in [0.4, 0.5) is 17.5 Å². The predicted octanol–water partition coefficient (Wildman–Crippen LogP) is 1.02. The molecule has 0 aromatic carbocycles. The van der Waals surface area contributed by atoms with Crippen LogP contribution in [-0.4, -0.2) is 47.5 Å². The standard InChI is InChI=1S/C15H21N9O/c1-3-10(7-25)21-15-22-13(20-11-4-5-18-19-6-11)12-14(23-15)24(8-17-12)9(2)16/h4-6,8-10,25H,3,7,16H2,1-2H3,(H2,18,20,21,22,23)/t9?,10-/m0/s1.